The lowest BCUT2D eigenvalue weighted by molar-refractivity contribution is 0.558. The second-order valence-electron chi connectivity index (χ2n) is 4.34. The van der Waals surface area contributed by atoms with E-state index < -0.39 is 0 Å². The molecule has 0 unspecified atom stereocenters. The third-order valence-corrected chi connectivity index (χ3v) is 3.13. The van der Waals surface area contributed by atoms with Crippen LogP contribution in [0.3, 0.4) is 0 Å². The molecule has 0 saturated heterocycles. The van der Waals surface area contributed by atoms with Crippen molar-refractivity contribution in [3.63, 3.8) is 0 Å². The van der Waals surface area contributed by atoms with Crippen LogP contribution in [-0.2, 0) is 0 Å². The first kappa shape index (κ1) is 15.1. The summed E-state index contributed by atoms with van der Waals surface area (Å²) in [5.74, 6) is 1.06. The molecule has 0 aromatic rings. The summed E-state index contributed by atoms with van der Waals surface area (Å²) in [5, 5.41) is 0. The second-order valence-corrected chi connectivity index (χ2v) is 4.78. The van der Waals surface area contributed by atoms with Crippen molar-refractivity contribution in [1.29, 1.82) is 0 Å². The molecule has 0 aromatic heterocycles. The van der Waals surface area contributed by atoms with E-state index >= 15 is 0 Å². The number of thiol groups is 1. The van der Waals surface area contributed by atoms with Crippen LogP contribution in [0.5, 0.6) is 0 Å². The van der Waals surface area contributed by atoms with Crippen LogP contribution in [0.25, 0.3) is 0 Å². The Morgan fingerprint density at radius 1 is 0.667 bits per heavy atom. The minimum Gasteiger partial charge on any atom is -0.179 e. The molecule has 0 aliphatic heterocycles. The highest BCUT2D eigenvalue weighted by Gasteiger charge is 1.92. The minimum absolute atomic E-state index is 1.06. The molecule has 15 heavy (non-hydrogen) atoms. The Morgan fingerprint density at radius 3 is 1.47 bits per heavy atom. The predicted octanol–water partition coefficient (Wildman–Crippen LogP) is 5.39. The summed E-state index contributed by atoms with van der Waals surface area (Å²) in [5.41, 5.74) is 0. The molecule has 0 aromatic carbocycles. The molecule has 0 fully saturated rings. The first-order chi connectivity index (χ1) is 7.41. The Kier molecular flexibility index (Phi) is 14.2. The van der Waals surface area contributed by atoms with Gasteiger partial charge in [0.05, 0.1) is 0 Å². The zero-order valence-electron chi connectivity index (χ0n) is 10.2. The lowest BCUT2D eigenvalue weighted by Crippen LogP contribution is -1.82. The highest BCUT2D eigenvalue weighted by Crippen LogP contribution is 2.11. The van der Waals surface area contributed by atoms with E-state index in [1.54, 1.807) is 0 Å². The molecule has 1 heteroatoms. The Balaban J connectivity index is 2.83. The van der Waals surface area contributed by atoms with E-state index in [2.05, 4.69) is 19.2 Å². The van der Waals surface area contributed by atoms with E-state index in [0.717, 1.165) is 5.75 Å². The third-order valence-electron chi connectivity index (χ3n) is 2.82. The normalized spacial score (nSPS) is 10.5. The molecule has 0 nitrogen and oxygen atoms in total. The molecule has 0 radical (unpaired) electrons. The largest absolute Gasteiger partial charge is 0.179 e. The van der Waals surface area contributed by atoms with Crippen molar-refractivity contribution >= 4 is 12.6 Å². The van der Waals surface area contributed by atoms with Gasteiger partial charge in [0.15, 0.2) is 0 Å². The minimum atomic E-state index is 1.06. The maximum absolute atomic E-state index is 4.21. The van der Waals surface area contributed by atoms with E-state index in [1.807, 2.05) is 6.08 Å². The Labute approximate surface area is 102 Å². The first-order valence-electron chi connectivity index (χ1n) is 6.63. The second kappa shape index (κ2) is 14.1. The summed E-state index contributed by atoms with van der Waals surface area (Å²) in [4.78, 5) is 0. The van der Waals surface area contributed by atoms with Crippen LogP contribution in [0, 0.1) is 0 Å². The van der Waals surface area contributed by atoms with Crippen molar-refractivity contribution in [2.75, 3.05) is 5.75 Å². The number of unbranched alkanes of at least 4 members (excludes halogenated alkanes) is 10. The average molecular weight is 228 g/mol. The maximum atomic E-state index is 4.21. The van der Waals surface area contributed by atoms with E-state index in [1.165, 1.54) is 70.6 Å². The van der Waals surface area contributed by atoms with Crippen molar-refractivity contribution in [1.82, 2.24) is 0 Å². The fourth-order valence-corrected chi connectivity index (χ4v) is 2.04. The maximum Gasteiger partial charge on any atom is -0.00979 e. The lowest BCUT2D eigenvalue weighted by Gasteiger charge is -2.01. The monoisotopic (exact) mass is 228 g/mol. The first-order valence-corrected chi connectivity index (χ1v) is 7.27. The quantitative estimate of drug-likeness (QED) is 0.258. The van der Waals surface area contributed by atoms with Gasteiger partial charge in [-0.2, -0.15) is 12.6 Å². The molecule has 0 aliphatic rings. The van der Waals surface area contributed by atoms with Crippen molar-refractivity contribution in [3.05, 3.63) is 12.7 Å². The number of hydrogen-bond acceptors (Lipinski definition) is 1. The average Bonchev–Trinajstić information content (AvgIpc) is 2.26. The van der Waals surface area contributed by atoms with Crippen molar-refractivity contribution in [2.24, 2.45) is 0 Å². The van der Waals surface area contributed by atoms with E-state index in [0.29, 0.717) is 0 Å². The molecule has 0 atom stereocenters. The van der Waals surface area contributed by atoms with Crippen LogP contribution in [0.15, 0.2) is 12.7 Å². The summed E-state index contributed by atoms with van der Waals surface area (Å²) in [6, 6.07) is 0. The molecular weight excluding hydrogens is 200 g/mol. The molecule has 0 rings (SSSR count). The molecule has 0 heterocycles. The van der Waals surface area contributed by atoms with Crippen molar-refractivity contribution in [2.45, 2.75) is 70.6 Å². The van der Waals surface area contributed by atoms with Gasteiger partial charge in [0.1, 0.15) is 0 Å². The number of rotatable bonds is 12. The molecule has 0 amide bonds. The van der Waals surface area contributed by atoms with Gasteiger partial charge in [-0.25, -0.2) is 0 Å². The Hall–Kier alpha value is 0.0900. The van der Waals surface area contributed by atoms with E-state index in [4.69, 9.17) is 0 Å². The molecular formula is C14H28S. The van der Waals surface area contributed by atoms with Crippen LogP contribution < -0.4 is 0 Å². The summed E-state index contributed by atoms with van der Waals surface area (Å²) in [6.07, 6.45) is 17.2. The van der Waals surface area contributed by atoms with Crippen molar-refractivity contribution < 1.29 is 0 Å². The smallest absolute Gasteiger partial charge is 0.00979 e. The zero-order valence-corrected chi connectivity index (χ0v) is 11.1. The van der Waals surface area contributed by atoms with Crippen molar-refractivity contribution in [3.8, 4) is 0 Å². The van der Waals surface area contributed by atoms with Gasteiger partial charge in [-0.05, 0) is 25.0 Å². The van der Waals surface area contributed by atoms with Gasteiger partial charge in [-0.3, -0.25) is 0 Å². The summed E-state index contributed by atoms with van der Waals surface area (Å²) in [7, 11) is 0. The van der Waals surface area contributed by atoms with Gasteiger partial charge >= 0.3 is 0 Å². The van der Waals surface area contributed by atoms with Gasteiger partial charge < -0.3 is 0 Å². The predicted molar refractivity (Wildman–Crippen MR) is 74.8 cm³/mol. The molecule has 0 saturated carbocycles. The molecule has 0 spiro atoms. The molecule has 0 bridgehead atoms. The van der Waals surface area contributed by atoms with Gasteiger partial charge in [0.2, 0.25) is 0 Å². The van der Waals surface area contributed by atoms with Gasteiger partial charge in [0, 0.05) is 0 Å². The molecule has 0 N–H and O–H groups in total. The third kappa shape index (κ3) is 14.1. The topological polar surface area (TPSA) is 0 Å². The van der Waals surface area contributed by atoms with Crippen LogP contribution in [0.4, 0.5) is 0 Å². The Bertz CT molecular complexity index is 121. The van der Waals surface area contributed by atoms with Crippen LogP contribution in [0.1, 0.15) is 70.6 Å². The van der Waals surface area contributed by atoms with E-state index in [-0.39, 0.29) is 0 Å². The van der Waals surface area contributed by atoms with Crippen LogP contribution in [-0.4, -0.2) is 5.75 Å². The van der Waals surface area contributed by atoms with Gasteiger partial charge in [0.25, 0.3) is 0 Å². The highest BCUT2D eigenvalue weighted by atomic mass is 32.1. The zero-order chi connectivity index (χ0) is 11.2. The number of hydrogen-bond donors (Lipinski definition) is 1. The SMILES string of the molecule is C=CCCCCCCCCCCCCS. The van der Waals surface area contributed by atoms with Gasteiger partial charge in [-0.1, -0.05) is 57.4 Å². The van der Waals surface area contributed by atoms with Gasteiger partial charge in [-0.15, -0.1) is 6.58 Å². The lowest BCUT2D eigenvalue weighted by atomic mass is 10.1. The highest BCUT2D eigenvalue weighted by molar-refractivity contribution is 7.80. The van der Waals surface area contributed by atoms with Crippen LogP contribution >= 0.6 is 12.6 Å². The Morgan fingerprint density at radius 2 is 1.07 bits per heavy atom. The number of allylic oxidation sites excluding steroid dienone is 1. The summed E-state index contributed by atoms with van der Waals surface area (Å²) in [6.45, 7) is 3.74. The summed E-state index contributed by atoms with van der Waals surface area (Å²) >= 11 is 4.21. The fraction of sp³-hybridized carbons (Fsp3) is 0.857. The fourth-order valence-electron chi connectivity index (χ4n) is 1.81. The molecule has 90 valence electrons. The molecule has 0 aliphatic carbocycles. The van der Waals surface area contributed by atoms with E-state index in [9.17, 15) is 0 Å². The standard InChI is InChI=1S/C14H28S/c1-2-3-4-5-6-7-8-9-10-11-12-13-14-15/h2,15H,1,3-14H2. The van der Waals surface area contributed by atoms with Crippen LogP contribution in [0.2, 0.25) is 0 Å². The summed E-state index contributed by atoms with van der Waals surface area (Å²) < 4.78 is 0.